The Morgan fingerprint density at radius 1 is 1.11 bits per heavy atom. The maximum absolute atomic E-state index is 10.6. The second-order valence-electron chi connectivity index (χ2n) is 9.09. The van der Waals surface area contributed by atoms with Gasteiger partial charge in [0.25, 0.3) is 0 Å². The first-order chi connectivity index (χ1) is 13.1. The fourth-order valence-corrected chi connectivity index (χ4v) is 5.81. The van der Waals surface area contributed by atoms with Crippen LogP contribution in [0.4, 0.5) is 0 Å². The summed E-state index contributed by atoms with van der Waals surface area (Å²) in [5, 5.41) is 4.56. The molecule has 1 aromatic rings. The number of nitrogens with one attached hydrogen (secondary N) is 2. The highest BCUT2D eigenvalue weighted by Crippen LogP contribution is 2.44. The largest absolute Gasteiger partial charge is 0.316 e. The van der Waals surface area contributed by atoms with Crippen LogP contribution in [0.2, 0.25) is 10.0 Å². The molecule has 2 fully saturated rings. The van der Waals surface area contributed by atoms with Gasteiger partial charge in [-0.25, -0.2) is 4.72 Å². The second kappa shape index (κ2) is 10.7. The molecule has 0 saturated heterocycles. The molecular formula is C22H34Cl2N2OS. The van der Waals surface area contributed by atoms with Gasteiger partial charge in [-0.1, -0.05) is 37.0 Å². The van der Waals surface area contributed by atoms with Crippen LogP contribution in [0.1, 0.15) is 53.4 Å². The van der Waals surface area contributed by atoms with Crippen LogP contribution in [-0.4, -0.2) is 24.9 Å². The molecule has 0 amide bonds. The molecule has 0 radical (unpaired) electrons. The maximum Gasteiger partial charge on any atom is 0.140 e. The fourth-order valence-electron chi connectivity index (χ4n) is 4.70. The first-order valence-electron chi connectivity index (χ1n) is 10.2. The minimum absolute atomic E-state index is 0.507. The standard InChI is InChI=1S/C12H23N.C10H11Cl2NOS/c1-8-4-10-6-9(2)12(13-3)11(5-8)7-10;1-10(2,6-14)13-15-7-3-4-8(11)9(12)5-7/h8-13H,4-7H2,1-3H3;3-6,13H,1-2H3. The number of halogens is 2. The second-order valence-corrected chi connectivity index (χ2v) is 10.8. The molecule has 0 heterocycles. The van der Waals surface area contributed by atoms with Crippen LogP contribution in [0, 0.1) is 23.7 Å². The quantitative estimate of drug-likeness (QED) is 0.416. The molecule has 3 nitrogen and oxygen atoms in total. The lowest BCUT2D eigenvalue weighted by atomic mass is 9.63. The Hall–Kier alpha value is -0.260. The van der Waals surface area contributed by atoms with E-state index in [9.17, 15) is 4.79 Å². The summed E-state index contributed by atoms with van der Waals surface area (Å²) in [4.78, 5) is 11.6. The number of benzene rings is 1. The Bertz CT molecular complexity index is 651. The molecule has 2 saturated carbocycles. The number of hydrogen-bond donors (Lipinski definition) is 2. The summed E-state index contributed by atoms with van der Waals surface area (Å²) in [6, 6.07) is 6.12. The third-order valence-electron chi connectivity index (χ3n) is 5.85. The van der Waals surface area contributed by atoms with Crippen molar-refractivity contribution in [3.05, 3.63) is 28.2 Å². The normalized spacial score (nSPS) is 29.6. The van der Waals surface area contributed by atoms with Gasteiger partial charge in [-0.3, -0.25) is 0 Å². The van der Waals surface area contributed by atoms with Crippen molar-refractivity contribution in [3.8, 4) is 0 Å². The molecule has 2 N–H and O–H groups in total. The molecule has 0 aromatic heterocycles. The summed E-state index contributed by atoms with van der Waals surface area (Å²) in [7, 11) is 2.14. The summed E-state index contributed by atoms with van der Waals surface area (Å²) in [6.45, 7) is 8.45. The highest BCUT2D eigenvalue weighted by Gasteiger charge is 2.38. The lowest BCUT2D eigenvalue weighted by Gasteiger charge is -2.46. The van der Waals surface area contributed by atoms with Gasteiger partial charge < -0.3 is 10.1 Å². The number of hydrogen-bond acceptors (Lipinski definition) is 4. The number of carbonyl (C=O) groups excluding carboxylic acids is 1. The van der Waals surface area contributed by atoms with Crippen LogP contribution in [0.15, 0.2) is 23.1 Å². The van der Waals surface area contributed by atoms with E-state index in [1.54, 1.807) is 26.0 Å². The van der Waals surface area contributed by atoms with Gasteiger partial charge in [-0.15, -0.1) is 0 Å². The number of rotatable bonds is 5. The summed E-state index contributed by atoms with van der Waals surface area (Å²) in [5.74, 6) is 3.91. The van der Waals surface area contributed by atoms with Gasteiger partial charge in [0.2, 0.25) is 0 Å². The molecule has 0 aliphatic heterocycles. The van der Waals surface area contributed by atoms with Crippen LogP contribution in [0.3, 0.4) is 0 Å². The number of aldehydes is 1. The predicted octanol–water partition coefficient (Wildman–Crippen LogP) is 6.23. The molecule has 28 heavy (non-hydrogen) atoms. The van der Waals surface area contributed by atoms with Crippen molar-refractivity contribution < 1.29 is 4.79 Å². The lowest BCUT2D eigenvalue weighted by Crippen LogP contribution is -2.47. The SMILES string of the molecule is CC(C)(C=O)NSc1ccc(Cl)c(Cl)c1.CNC1C(C)CC2CC(C)CC1C2. The maximum atomic E-state index is 10.6. The van der Waals surface area contributed by atoms with Crippen LogP contribution in [-0.2, 0) is 4.79 Å². The zero-order valence-corrected chi connectivity index (χ0v) is 19.9. The average molecular weight is 446 g/mol. The van der Waals surface area contributed by atoms with Gasteiger partial charge in [-0.05, 0) is 100 Å². The van der Waals surface area contributed by atoms with Crippen molar-refractivity contribution in [1.29, 1.82) is 0 Å². The van der Waals surface area contributed by atoms with Gasteiger partial charge in [0.05, 0.1) is 15.6 Å². The van der Waals surface area contributed by atoms with Crippen molar-refractivity contribution in [2.24, 2.45) is 23.7 Å². The Morgan fingerprint density at radius 2 is 1.82 bits per heavy atom. The van der Waals surface area contributed by atoms with Crippen LogP contribution >= 0.6 is 35.1 Å². The Kier molecular flexibility index (Phi) is 9.15. The van der Waals surface area contributed by atoms with Crippen molar-refractivity contribution in [2.45, 2.75) is 69.9 Å². The molecule has 0 spiro atoms. The molecule has 5 atom stereocenters. The van der Waals surface area contributed by atoms with E-state index in [0.29, 0.717) is 10.0 Å². The van der Waals surface area contributed by atoms with E-state index >= 15 is 0 Å². The number of carbonyl (C=O) groups is 1. The van der Waals surface area contributed by atoms with Crippen molar-refractivity contribution in [2.75, 3.05) is 7.05 Å². The first kappa shape index (κ1) is 24.0. The number of fused-ring (bicyclic) bond motifs is 2. The van der Waals surface area contributed by atoms with E-state index in [0.717, 1.165) is 40.9 Å². The molecular weight excluding hydrogens is 411 g/mol. The van der Waals surface area contributed by atoms with E-state index in [1.165, 1.54) is 37.6 Å². The molecule has 2 aliphatic rings. The van der Waals surface area contributed by atoms with Gasteiger partial charge in [0.1, 0.15) is 6.29 Å². The zero-order chi connectivity index (χ0) is 20.9. The molecule has 5 unspecified atom stereocenters. The van der Waals surface area contributed by atoms with Crippen LogP contribution in [0.5, 0.6) is 0 Å². The molecule has 1 aromatic carbocycles. The van der Waals surface area contributed by atoms with Gasteiger partial charge >= 0.3 is 0 Å². The average Bonchev–Trinajstić information content (AvgIpc) is 2.63. The molecule has 3 rings (SSSR count). The van der Waals surface area contributed by atoms with E-state index in [-0.39, 0.29) is 0 Å². The van der Waals surface area contributed by atoms with Crippen molar-refractivity contribution in [1.82, 2.24) is 10.0 Å². The van der Waals surface area contributed by atoms with Gasteiger partial charge in [0.15, 0.2) is 0 Å². The minimum atomic E-state index is -0.559. The first-order valence-corrected chi connectivity index (χ1v) is 11.7. The fraction of sp³-hybridized carbons (Fsp3) is 0.682. The Balaban J connectivity index is 0.000000202. The predicted molar refractivity (Wildman–Crippen MR) is 122 cm³/mol. The summed E-state index contributed by atoms with van der Waals surface area (Å²) >= 11 is 13.0. The van der Waals surface area contributed by atoms with E-state index in [2.05, 4.69) is 30.9 Å². The third kappa shape index (κ3) is 6.91. The smallest absolute Gasteiger partial charge is 0.140 e. The van der Waals surface area contributed by atoms with Gasteiger partial charge in [0, 0.05) is 10.9 Å². The van der Waals surface area contributed by atoms with Crippen LogP contribution < -0.4 is 10.0 Å². The summed E-state index contributed by atoms with van der Waals surface area (Å²) < 4.78 is 3.02. The highest BCUT2D eigenvalue weighted by molar-refractivity contribution is 7.97. The highest BCUT2D eigenvalue weighted by atomic mass is 35.5. The Morgan fingerprint density at radius 3 is 2.43 bits per heavy atom. The molecule has 2 bridgehead atoms. The minimum Gasteiger partial charge on any atom is -0.316 e. The topological polar surface area (TPSA) is 41.1 Å². The molecule has 6 heteroatoms. The molecule has 2 aliphatic carbocycles. The van der Waals surface area contributed by atoms with Crippen molar-refractivity contribution in [3.63, 3.8) is 0 Å². The van der Waals surface area contributed by atoms with E-state index in [1.807, 2.05) is 6.07 Å². The van der Waals surface area contributed by atoms with Crippen LogP contribution in [0.25, 0.3) is 0 Å². The monoisotopic (exact) mass is 444 g/mol. The summed E-state index contributed by atoms with van der Waals surface area (Å²) in [5.41, 5.74) is -0.559. The summed E-state index contributed by atoms with van der Waals surface area (Å²) in [6.07, 6.45) is 6.79. The van der Waals surface area contributed by atoms with E-state index in [4.69, 9.17) is 23.2 Å². The molecule has 158 valence electrons. The zero-order valence-electron chi connectivity index (χ0n) is 17.6. The van der Waals surface area contributed by atoms with Crippen molar-refractivity contribution >= 4 is 41.4 Å². The lowest BCUT2D eigenvalue weighted by molar-refractivity contribution is -0.111. The Labute approximate surface area is 184 Å². The third-order valence-corrected chi connectivity index (χ3v) is 7.71. The van der Waals surface area contributed by atoms with E-state index < -0.39 is 5.54 Å². The van der Waals surface area contributed by atoms with Gasteiger partial charge in [-0.2, -0.15) is 0 Å².